The number of fused-ring (bicyclic) bond motifs is 10. The summed E-state index contributed by atoms with van der Waals surface area (Å²) in [7, 11) is 0. The van der Waals surface area contributed by atoms with Crippen molar-refractivity contribution in [2.75, 3.05) is 0 Å². The molecule has 0 atom stereocenters. The molecule has 2 aliphatic rings. The molecule has 0 bridgehead atoms. The van der Waals surface area contributed by atoms with Gasteiger partial charge in [0.05, 0.1) is 0 Å². The van der Waals surface area contributed by atoms with E-state index in [4.69, 9.17) is 0 Å². The second kappa shape index (κ2) is 15.9. The SMILES string of the molecule is CC1(C)c2cc(-c3ccc4c(c3)C(C)(C)c3cc(-c5c6ccccc6c(-c6ccc(F)cc6F)c6ccccc56)ccc3-4)ccc2-c2ccc(-c3c4ccccc4c(-c4ccc(F)cc4F)c4ccccc34)cc21. The van der Waals surface area contributed by atoms with Gasteiger partial charge in [0.1, 0.15) is 23.3 Å². The van der Waals surface area contributed by atoms with E-state index in [1.54, 1.807) is 12.1 Å². The van der Waals surface area contributed by atoms with Gasteiger partial charge in [0.25, 0.3) is 0 Å². The Kier molecular flexibility index (Phi) is 9.51. The van der Waals surface area contributed by atoms with Crippen LogP contribution in [0.3, 0.4) is 0 Å². The summed E-state index contributed by atoms with van der Waals surface area (Å²) < 4.78 is 59.7. The predicted molar refractivity (Wildman–Crippen MR) is 299 cm³/mol. The third-order valence-electron chi connectivity index (χ3n) is 16.5. The van der Waals surface area contributed by atoms with Gasteiger partial charge in [-0.3, -0.25) is 0 Å². The smallest absolute Gasteiger partial charge is 0.133 e. The van der Waals surface area contributed by atoms with Gasteiger partial charge in [-0.2, -0.15) is 0 Å². The average Bonchev–Trinajstić information content (AvgIpc) is 3.79. The fraction of sp³-hybridized carbons (Fsp3) is 0.0857. The maximum Gasteiger partial charge on any atom is 0.133 e. The molecule has 0 unspecified atom stereocenters. The van der Waals surface area contributed by atoms with Gasteiger partial charge in [0.15, 0.2) is 0 Å². The average molecular weight is 963 g/mol. The van der Waals surface area contributed by atoms with E-state index in [1.807, 2.05) is 72.8 Å². The lowest BCUT2D eigenvalue weighted by Crippen LogP contribution is -2.15. The normalized spacial score (nSPS) is 13.9. The second-order valence-electron chi connectivity index (χ2n) is 21.2. The van der Waals surface area contributed by atoms with Gasteiger partial charge in [-0.25, -0.2) is 17.6 Å². The zero-order chi connectivity index (χ0) is 50.4. The summed E-state index contributed by atoms with van der Waals surface area (Å²) in [4.78, 5) is 0. The molecule has 0 aliphatic heterocycles. The van der Waals surface area contributed by atoms with Crippen LogP contribution in [0, 0.1) is 23.3 Å². The molecule has 0 N–H and O–H groups in total. The Hall–Kier alpha value is -8.60. The molecule has 14 rings (SSSR count). The number of hydrogen-bond donors (Lipinski definition) is 0. The molecule has 0 spiro atoms. The van der Waals surface area contributed by atoms with Crippen LogP contribution >= 0.6 is 0 Å². The summed E-state index contributed by atoms with van der Waals surface area (Å²) in [5.41, 5.74) is 18.3. The Labute approximate surface area is 426 Å². The highest BCUT2D eigenvalue weighted by atomic mass is 19.1. The molecular formula is C70H46F4. The molecule has 2 aliphatic carbocycles. The highest BCUT2D eigenvalue weighted by Gasteiger charge is 2.38. The Bertz CT molecular complexity index is 4020. The monoisotopic (exact) mass is 962 g/mol. The topological polar surface area (TPSA) is 0 Å². The molecular weight excluding hydrogens is 917 g/mol. The molecule has 0 radical (unpaired) electrons. The van der Waals surface area contributed by atoms with Crippen molar-refractivity contribution in [1.82, 2.24) is 0 Å². The summed E-state index contributed by atoms with van der Waals surface area (Å²) in [6.45, 7) is 9.29. The molecule has 74 heavy (non-hydrogen) atoms. The summed E-state index contributed by atoms with van der Waals surface area (Å²) in [6.07, 6.45) is 0. The number of hydrogen-bond acceptors (Lipinski definition) is 0. The summed E-state index contributed by atoms with van der Waals surface area (Å²) in [5.74, 6) is -2.37. The van der Waals surface area contributed by atoms with Gasteiger partial charge in [-0.05, 0) is 170 Å². The highest BCUT2D eigenvalue weighted by molar-refractivity contribution is 6.23. The molecule has 0 aromatic heterocycles. The van der Waals surface area contributed by atoms with E-state index in [1.165, 1.54) is 56.6 Å². The predicted octanol–water partition coefficient (Wildman–Crippen LogP) is 19.8. The van der Waals surface area contributed by atoms with Crippen molar-refractivity contribution in [3.8, 4) is 77.9 Å². The van der Waals surface area contributed by atoms with Crippen LogP contribution in [-0.4, -0.2) is 0 Å². The molecule has 0 nitrogen and oxygen atoms in total. The molecule has 0 saturated heterocycles. The minimum atomic E-state index is -0.600. The third-order valence-corrected chi connectivity index (χ3v) is 16.5. The van der Waals surface area contributed by atoms with Gasteiger partial charge in [0, 0.05) is 45.2 Å². The fourth-order valence-electron chi connectivity index (χ4n) is 13.0. The first kappa shape index (κ1) is 44.1. The molecule has 4 heteroatoms. The van der Waals surface area contributed by atoms with Gasteiger partial charge >= 0.3 is 0 Å². The van der Waals surface area contributed by atoms with Gasteiger partial charge < -0.3 is 0 Å². The molecule has 12 aromatic carbocycles. The zero-order valence-electron chi connectivity index (χ0n) is 41.1. The maximum absolute atomic E-state index is 15.6. The summed E-state index contributed by atoms with van der Waals surface area (Å²) >= 11 is 0. The second-order valence-corrected chi connectivity index (χ2v) is 21.2. The maximum atomic E-state index is 15.6. The van der Waals surface area contributed by atoms with Crippen molar-refractivity contribution in [3.63, 3.8) is 0 Å². The van der Waals surface area contributed by atoms with Crippen LogP contribution in [0.25, 0.3) is 121 Å². The van der Waals surface area contributed by atoms with Gasteiger partial charge in [0.2, 0.25) is 0 Å². The Morgan fingerprint density at radius 2 is 0.486 bits per heavy atom. The van der Waals surface area contributed by atoms with Gasteiger partial charge in [-0.1, -0.05) is 173 Å². The van der Waals surface area contributed by atoms with E-state index in [2.05, 4.69) is 125 Å². The molecule has 0 heterocycles. The molecule has 0 fully saturated rings. The molecule has 0 amide bonds. The third kappa shape index (κ3) is 6.34. The van der Waals surface area contributed by atoms with Crippen LogP contribution in [-0.2, 0) is 10.8 Å². The van der Waals surface area contributed by atoms with E-state index in [0.717, 1.165) is 99.7 Å². The summed E-state index contributed by atoms with van der Waals surface area (Å²) in [6, 6.07) is 67.9. The van der Waals surface area contributed by atoms with Crippen molar-refractivity contribution in [1.29, 1.82) is 0 Å². The first-order chi connectivity index (χ1) is 35.9. The fourth-order valence-corrected chi connectivity index (χ4v) is 13.0. The van der Waals surface area contributed by atoms with E-state index >= 15 is 8.78 Å². The lowest BCUT2D eigenvalue weighted by molar-refractivity contribution is 0.585. The molecule has 12 aromatic rings. The largest absolute Gasteiger partial charge is 0.207 e. The van der Waals surface area contributed by atoms with E-state index in [-0.39, 0.29) is 10.8 Å². The lowest BCUT2D eigenvalue weighted by Gasteiger charge is -2.24. The van der Waals surface area contributed by atoms with Crippen molar-refractivity contribution < 1.29 is 17.6 Å². The molecule has 354 valence electrons. The van der Waals surface area contributed by atoms with E-state index < -0.39 is 23.3 Å². The van der Waals surface area contributed by atoms with Crippen molar-refractivity contribution in [3.05, 3.63) is 252 Å². The quantitative estimate of drug-likeness (QED) is 0.119. The van der Waals surface area contributed by atoms with Crippen molar-refractivity contribution in [2.45, 2.75) is 38.5 Å². The van der Waals surface area contributed by atoms with Crippen LogP contribution in [0.1, 0.15) is 49.9 Å². The zero-order valence-corrected chi connectivity index (χ0v) is 41.1. The van der Waals surface area contributed by atoms with Crippen LogP contribution < -0.4 is 0 Å². The minimum absolute atomic E-state index is 0.318. The molecule has 0 saturated carbocycles. The van der Waals surface area contributed by atoms with Crippen LogP contribution in [0.5, 0.6) is 0 Å². The first-order valence-corrected chi connectivity index (χ1v) is 25.2. The van der Waals surface area contributed by atoms with Crippen LogP contribution in [0.4, 0.5) is 17.6 Å². The van der Waals surface area contributed by atoms with Crippen molar-refractivity contribution >= 4 is 43.1 Å². The highest BCUT2D eigenvalue weighted by Crippen LogP contribution is 2.55. The Balaban J connectivity index is 0.838. The van der Waals surface area contributed by atoms with E-state index in [0.29, 0.717) is 11.1 Å². The Morgan fingerprint density at radius 3 is 0.770 bits per heavy atom. The standard InChI is InChI=1S/C70H46F4/c1-69(2)59-33-39(21-27-45(59)47-29-23-41(35-61(47)69)65-49-13-5-9-17-53(49)67(54-18-10-6-14-50(54)65)57-31-25-43(71)37-63(57)73)40-22-28-46-48-30-24-42(36-62(48)70(3,4)60(46)34-40)66-51-15-7-11-19-55(51)68(56-20-12-8-16-52(56)66)58-32-26-44(72)38-64(58)74/h5-38H,1-4H3. The van der Waals surface area contributed by atoms with E-state index in [9.17, 15) is 8.78 Å². The summed E-state index contributed by atoms with van der Waals surface area (Å²) in [5, 5.41) is 7.69. The first-order valence-electron chi connectivity index (χ1n) is 25.2. The van der Waals surface area contributed by atoms with Crippen LogP contribution in [0.2, 0.25) is 0 Å². The van der Waals surface area contributed by atoms with Crippen LogP contribution in [0.15, 0.2) is 206 Å². The lowest BCUT2D eigenvalue weighted by atomic mass is 9.79. The van der Waals surface area contributed by atoms with Crippen molar-refractivity contribution in [2.24, 2.45) is 0 Å². The number of benzene rings is 12. The number of halogens is 4. The Morgan fingerprint density at radius 1 is 0.243 bits per heavy atom. The van der Waals surface area contributed by atoms with Gasteiger partial charge in [-0.15, -0.1) is 0 Å². The number of rotatable bonds is 5. The minimum Gasteiger partial charge on any atom is -0.207 e.